The number of amides is 3. The largest absolute Gasteiger partial charge is 0.472 e. The summed E-state index contributed by atoms with van der Waals surface area (Å²) in [7, 11) is 0. The molecule has 1 aromatic carbocycles. The van der Waals surface area contributed by atoms with Crippen LogP contribution in [0, 0.1) is 5.92 Å². The summed E-state index contributed by atoms with van der Waals surface area (Å²) < 4.78 is 4.94. The molecule has 0 bridgehead atoms. The van der Waals surface area contributed by atoms with E-state index in [1.807, 2.05) is 0 Å². The summed E-state index contributed by atoms with van der Waals surface area (Å²) >= 11 is 5.81. The molecule has 1 atom stereocenters. The molecule has 3 amide bonds. The number of carbonyl (C=O) groups excluding carboxylic acids is 3. The lowest BCUT2D eigenvalue weighted by atomic mass is 9.97. The lowest BCUT2D eigenvalue weighted by molar-refractivity contribution is -0.131. The summed E-state index contributed by atoms with van der Waals surface area (Å²) in [5, 5.41) is 0.597. The fourth-order valence-corrected chi connectivity index (χ4v) is 3.14. The molecule has 1 aliphatic heterocycles. The van der Waals surface area contributed by atoms with Crippen LogP contribution in [0.4, 0.5) is 0 Å². The maximum Gasteiger partial charge on any atom is 0.257 e. The molecule has 1 saturated heterocycles. The highest BCUT2D eigenvalue weighted by Gasteiger charge is 2.29. The number of benzene rings is 1. The fraction of sp³-hybridized carbons (Fsp3) is 0.316. The zero-order chi connectivity index (χ0) is 19.2. The number of hydrazine groups is 1. The van der Waals surface area contributed by atoms with E-state index in [4.69, 9.17) is 16.0 Å². The number of hydrogen-bond acceptors (Lipinski definition) is 4. The second kappa shape index (κ2) is 8.73. The molecule has 8 heteroatoms. The first-order valence-corrected chi connectivity index (χ1v) is 9.05. The molecule has 1 aromatic heterocycles. The van der Waals surface area contributed by atoms with E-state index in [2.05, 4.69) is 10.9 Å². The van der Waals surface area contributed by atoms with Crippen molar-refractivity contribution in [3.63, 3.8) is 0 Å². The number of carbonyl (C=O) groups is 3. The van der Waals surface area contributed by atoms with Crippen LogP contribution in [0.3, 0.4) is 0 Å². The van der Waals surface area contributed by atoms with Gasteiger partial charge in [-0.25, -0.2) is 0 Å². The molecule has 27 heavy (non-hydrogen) atoms. The Kier molecular flexibility index (Phi) is 6.13. The number of piperidine rings is 1. The smallest absolute Gasteiger partial charge is 0.257 e. The van der Waals surface area contributed by atoms with Gasteiger partial charge in [0.25, 0.3) is 5.91 Å². The Labute approximate surface area is 161 Å². The number of likely N-dealkylation sites (tertiary alicyclic amines) is 1. The van der Waals surface area contributed by atoms with E-state index in [1.165, 1.54) is 12.5 Å². The van der Waals surface area contributed by atoms with Gasteiger partial charge in [0.2, 0.25) is 11.8 Å². The minimum Gasteiger partial charge on any atom is -0.472 e. The quantitative estimate of drug-likeness (QED) is 0.784. The standard InChI is InChI=1S/C19H20ClN3O4/c20-16-5-3-13(4-6-16)10-17(24)21-22-18(25)14-2-1-8-23(11-14)19(26)15-7-9-27-12-15/h3-7,9,12,14H,1-2,8,10-11H2,(H,21,24)(H,22,25)/t14-/m1/s1. The number of hydrogen-bond donors (Lipinski definition) is 2. The van der Waals surface area contributed by atoms with Crippen LogP contribution in [0.15, 0.2) is 47.3 Å². The molecule has 0 aliphatic carbocycles. The van der Waals surface area contributed by atoms with Crippen LogP contribution < -0.4 is 10.9 Å². The van der Waals surface area contributed by atoms with Crippen LogP contribution >= 0.6 is 11.6 Å². The Morgan fingerprint density at radius 1 is 1.15 bits per heavy atom. The number of furan rings is 1. The highest BCUT2D eigenvalue weighted by molar-refractivity contribution is 6.30. The molecule has 2 N–H and O–H groups in total. The Balaban J connectivity index is 1.48. The van der Waals surface area contributed by atoms with Gasteiger partial charge in [-0.15, -0.1) is 0 Å². The van der Waals surface area contributed by atoms with Crippen molar-refractivity contribution in [2.45, 2.75) is 19.3 Å². The van der Waals surface area contributed by atoms with E-state index in [-0.39, 0.29) is 30.1 Å². The van der Waals surface area contributed by atoms with Crippen molar-refractivity contribution in [3.8, 4) is 0 Å². The zero-order valence-corrected chi connectivity index (χ0v) is 15.4. The van der Waals surface area contributed by atoms with Crippen molar-refractivity contribution in [2.75, 3.05) is 13.1 Å². The molecule has 0 spiro atoms. The average Bonchev–Trinajstić information content (AvgIpc) is 3.22. The predicted octanol–water partition coefficient (Wildman–Crippen LogP) is 2.18. The first-order valence-electron chi connectivity index (χ1n) is 8.67. The first kappa shape index (κ1) is 19.0. The van der Waals surface area contributed by atoms with Crippen LogP contribution in [-0.2, 0) is 16.0 Å². The third kappa shape index (κ3) is 5.10. The van der Waals surface area contributed by atoms with Gasteiger partial charge in [0, 0.05) is 18.1 Å². The predicted molar refractivity (Wildman–Crippen MR) is 98.8 cm³/mol. The van der Waals surface area contributed by atoms with Gasteiger partial charge in [0.1, 0.15) is 6.26 Å². The minimum absolute atomic E-state index is 0.132. The topological polar surface area (TPSA) is 91.7 Å². The Bertz CT molecular complexity index is 805. The number of nitrogens with zero attached hydrogens (tertiary/aromatic N) is 1. The molecular formula is C19H20ClN3O4. The molecule has 1 aliphatic rings. The molecule has 142 valence electrons. The van der Waals surface area contributed by atoms with Gasteiger partial charge in [-0.1, -0.05) is 23.7 Å². The lowest BCUT2D eigenvalue weighted by Crippen LogP contribution is -2.50. The molecule has 0 saturated carbocycles. The van der Waals surface area contributed by atoms with Crippen molar-refractivity contribution in [1.29, 1.82) is 0 Å². The monoisotopic (exact) mass is 389 g/mol. The normalized spacial score (nSPS) is 16.6. The number of rotatable bonds is 4. The highest BCUT2D eigenvalue weighted by atomic mass is 35.5. The van der Waals surface area contributed by atoms with E-state index < -0.39 is 0 Å². The second-order valence-electron chi connectivity index (χ2n) is 6.44. The third-order valence-electron chi connectivity index (χ3n) is 4.45. The van der Waals surface area contributed by atoms with Crippen molar-refractivity contribution in [2.24, 2.45) is 5.92 Å². The summed E-state index contributed by atoms with van der Waals surface area (Å²) in [4.78, 5) is 38.3. The Hall–Kier alpha value is -2.80. The lowest BCUT2D eigenvalue weighted by Gasteiger charge is -2.31. The van der Waals surface area contributed by atoms with Crippen molar-refractivity contribution in [3.05, 3.63) is 59.0 Å². The summed E-state index contributed by atoms with van der Waals surface area (Å²) in [6, 6.07) is 8.52. The van der Waals surface area contributed by atoms with E-state index >= 15 is 0 Å². The van der Waals surface area contributed by atoms with Crippen molar-refractivity contribution < 1.29 is 18.8 Å². The summed E-state index contributed by atoms with van der Waals surface area (Å²) in [6.07, 6.45) is 4.35. The Morgan fingerprint density at radius 3 is 2.63 bits per heavy atom. The van der Waals surface area contributed by atoms with Gasteiger partial charge in [-0.2, -0.15) is 0 Å². The maximum atomic E-state index is 12.4. The number of nitrogens with one attached hydrogen (secondary N) is 2. The Morgan fingerprint density at radius 2 is 1.93 bits per heavy atom. The molecule has 7 nitrogen and oxygen atoms in total. The molecule has 2 heterocycles. The minimum atomic E-state index is -0.370. The molecule has 2 aromatic rings. The van der Waals surface area contributed by atoms with Crippen LogP contribution in [0.25, 0.3) is 0 Å². The molecule has 0 unspecified atom stereocenters. The van der Waals surface area contributed by atoms with Crippen LogP contribution in [-0.4, -0.2) is 35.7 Å². The summed E-state index contributed by atoms with van der Waals surface area (Å²) in [5.74, 6) is -1.16. The van der Waals surface area contributed by atoms with Crippen LogP contribution in [0.1, 0.15) is 28.8 Å². The molecule has 0 radical (unpaired) electrons. The zero-order valence-electron chi connectivity index (χ0n) is 14.6. The van der Waals surface area contributed by atoms with Gasteiger partial charge >= 0.3 is 0 Å². The third-order valence-corrected chi connectivity index (χ3v) is 4.70. The van der Waals surface area contributed by atoms with Crippen LogP contribution in [0.2, 0.25) is 5.02 Å². The summed E-state index contributed by atoms with van der Waals surface area (Å²) in [5.41, 5.74) is 6.14. The van der Waals surface area contributed by atoms with Gasteiger partial charge in [-0.3, -0.25) is 25.2 Å². The van der Waals surface area contributed by atoms with Crippen molar-refractivity contribution >= 4 is 29.3 Å². The first-order chi connectivity index (χ1) is 13.0. The van der Waals surface area contributed by atoms with E-state index in [1.54, 1.807) is 35.2 Å². The molecule has 3 rings (SSSR count). The fourth-order valence-electron chi connectivity index (χ4n) is 3.01. The van der Waals surface area contributed by atoms with E-state index in [0.29, 0.717) is 30.1 Å². The highest BCUT2D eigenvalue weighted by Crippen LogP contribution is 2.19. The molecular weight excluding hydrogens is 370 g/mol. The average molecular weight is 390 g/mol. The van der Waals surface area contributed by atoms with Gasteiger partial charge < -0.3 is 9.32 Å². The summed E-state index contributed by atoms with van der Waals surface area (Å²) in [6.45, 7) is 0.902. The number of halogens is 1. The SMILES string of the molecule is O=C(Cc1ccc(Cl)cc1)NNC(=O)[C@@H]1CCCN(C(=O)c2ccoc2)C1. The van der Waals surface area contributed by atoms with Gasteiger partial charge in [0.05, 0.1) is 24.2 Å². The second-order valence-corrected chi connectivity index (χ2v) is 6.88. The molecule has 1 fully saturated rings. The van der Waals surface area contributed by atoms with Gasteiger partial charge in [-0.05, 0) is 36.6 Å². The van der Waals surface area contributed by atoms with Crippen LogP contribution in [0.5, 0.6) is 0 Å². The van der Waals surface area contributed by atoms with Crippen molar-refractivity contribution in [1.82, 2.24) is 15.8 Å². The van der Waals surface area contributed by atoms with Gasteiger partial charge in [0.15, 0.2) is 0 Å². The maximum absolute atomic E-state index is 12.4. The van der Waals surface area contributed by atoms with E-state index in [9.17, 15) is 14.4 Å². The van der Waals surface area contributed by atoms with E-state index in [0.717, 1.165) is 12.0 Å².